The molecule has 12 heavy (non-hydrogen) atoms. The Morgan fingerprint density at radius 1 is 1.42 bits per heavy atom. The van der Waals surface area contributed by atoms with Crippen molar-refractivity contribution in [2.24, 2.45) is 0 Å². The highest BCUT2D eigenvalue weighted by Crippen LogP contribution is 1.97. The van der Waals surface area contributed by atoms with E-state index >= 15 is 0 Å². The number of carbonyl (C=O) groups excluding carboxylic acids is 1. The molecule has 0 fully saturated rings. The molecule has 2 heteroatoms. The van der Waals surface area contributed by atoms with Gasteiger partial charge in [-0.3, -0.25) is 4.79 Å². The molecule has 0 spiro atoms. The van der Waals surface area contributed by atoms with Gasteiger partial charge in [0.1, 0.15) is 0 Å². The van der Waals surface area contributed by atoms with Crippen LogP contribution in [0.2, 0.25) is 0 Å². The summed E-state index contributed by atoms with van der Waals surface area (Å²) in [4.78, 5) is 11.3. The van der Waals surface area contributed by atoms with E-state index in [-0.39, 0.29) is 5.91 Å². The van der Waals surface area contributed by atoms with Crippen molar-refractivity contribution in [3.8, 4) is 0 Å². The number of amides is 1. The number of hydrogen-bond acceptors (Lipinski definition) is 1. The van der Waals surface area contributed by atoms with E-state index in [1.807, 2.05) is 31.5 Å². The maximum absolute atomic E-state index is 11.3. The number of nitrogens with one attached hydrogen (secondary N) is 1. The van der Waals surface area contributed by atoms with E-state index in [1.54, 1.807) is 12.1 Å². The van der Waals surface area contributed by atoms with Crippen molar-refractivity contribution in [2.75, 3.05) is 6.54 Å². The second kappa shape index (κ2) is 4.54. The molecular formula is C10H12NO. The zero-order valence-corrected chi connectivity index (χ0v) is 7.08. The first-order chi connectivity index (χ1) is 5.84. The van der Waals surface area contributed by atoms with E-state index in [9.17, 15) is 4.79 Å². The van der Waals surface area contributed by atoms with Crippen molar-refractivity contribution in [3.63, 3.8) is 0 Å². The van der Waals surface area contributed by atoms with Crippen LogP contribution >= 0.6 is 0 Å². The molecule has 0 saturated carbocycles. The van der Waals surface area contributed by atoms with Crippen LogP contribution in [0.5, 0.6) is 0 Å². The summed E-state index contributed by atoms with van der Waals surface area (Å²) in [6, 6.07) is 9.19. The van der Waals surface area contributed by atoms with E-state index in [4.69, 9.17) is 0 Å². The Bertz CT molecular complexity index is 243. The Hall–Kier alpha value is -1.31. The highest BCUT2D eigenvalue weighted by Gasteiger charge is 2.00. The smallest absolute Gasteiger partial charge is 0.251 e. The normalized spacial score (nSPS) is 9.42. The highest BCUT2D eigenvalue weighted by molar-refractivity contribution is 5.94. The first-order valence-corrected chi connectivity index (χ1v) is 3.95. The minimum atomic E-state index is -0.0197. The highest BCUT2D eigenvalue weighted by atomic mass is 16.1. The fourth-order valence-electron chi connectivity index (χ4n) is 0.886. The summed E-state index contributed by atoms with van der Waals surface area (Å²) < 4.78 is 0. The van der Waals surface area contributed by atoms with Crippen LogP contribution in [-0.4, -0.2) is 12.5 Å². The Labute approximate surface area is 72.6 Å². The summed E-state index contributed by atoms with van der Waals surface area (Å²) in [6.45, 7) is 2.53. The molecule has 0 aliphatic rings. The molecule has 1 aromatic carbocycles. The lowest BCUT2D eigenvalue weighted by atomic mass is 10.2. The Balaban J connectivity index is 2.54. The summed E-state index contributed by atoms with van der Waals surface area (Å²) in [5, 5.41) is 2.75. The SMILES string of the molecule is C[CH]CNC(=O)c1ccccc1. The van der Waals surface area contributed by atoms with Crippen LogP contribution in [0, 0.1) is 6.42 Å². The molecule has 1 rings (SSSR count). The molecule has 0 aromatic heterocycles. The summed E-state index contributed by atoms with van der Waals surface area (Å²) in [6.07, 6.45) is 1.90. The quantitative estimate of drug-likeness (QED) is 0.719. The predicted octanol–water partition coefficient (Wildman–Crippen LogP) is 1.64. The lowest BCUT2D eigenvalue weighted by Gasteiger charge is -2.01. The Morgan fingerprint density at radius 3 is 2.67 bits per heavy atom. The number of carbonyl (C=O) groups is 1. The molecule has 1 N–H and O–H groups in total. The topological polar surface area (TPSA) is 29.1 Å². The predicted molar refractivity (Wildman–Crippen MR) is 48.7 cm³/mol. The molecule has 0 saturated heterocycles. The number of hydrogen-bond donors (Lipinski definition) is 1. The van der Waals surface area contributed by atoms with Crippen molar-refractivity contribution in [1.82, 2.24) is 5.32 Å². The fraction of sp³-hybridized carbons (Fsp3) is 0.200. The minimum absolute atomic E-state index is 0.0197. The van der Waals surface area contributed by atoms with Gasteiger partial charge in [0, 0.05) is 12.1 Å². The van der Waals surface area contributed by atoms with E-state index in [1.165, 1.54) is 0 Å². The second-order valence-electron chi connectivity index (χ2n) is 2.48. The zero-order valence-electron chi connectivity index (χ0n) is 7.08. The molecule has 1 amide bonds. The molecule has 2 nitrogen and oxygen atoms in total. The van der Waals surface area contributed by atoms with Gasteiger partial charge in [-0.1, -0.05) is 25.1 Å². The maximum atomic E-state index is 11.3. The molecule has 0 atom stereocenters. The molecule has 0 unspecified atom stereocenters. The molecule has 0 bridgehead atoms. The number of benzene rings is 1. The van der Waals surface area contributed by atoms with Gasteiger partial charge in [-0.25, -0.2) is 0 Å². The van der Waals surface area contributed by atoms with Crippen LogP contribution in [0.15, 0.2) is 30.3 Å². The Kier molecular flexibility index (Phi) is 3.33. The summed E-state index contributed by atoms with van der Waals surface area (Å²) >= 11 is 0. The average Bonchev–Trinajstić information content (AvgIpc) is 2.15. The third-order valence-electron chi connectivity index (χ3n) is 1.50. The standard InChI is InChI=1S/C10H12NO/c1-2-8-11-10(12)9-6-4-3-5-7-9/h2-7H,8H2,1H3,(H,11,12). The van der Waals surface area contributed by atoms with Crippen LogP contribution < -0.4 is 5.32 Å². The lowest BCUT2D eigenvalue weighted by molar-refractivity contribution is 0.0957. The second-order valence-corrected chi connectivity index (χ2v) is 2.48. The molecule has 0 heterocycles. The van der Waals surface area contributed by atoms with Crippen LogP contribution in [-0.2, 0) is 0 Å². The molecular weight excluding hydrogens is 150 g/mol. The summed E-state index contributed by atoms with van der Waals surface area (Å²) in [7, 11) is 0. The summed E-state index contributed by atoms with van der Waals surface area (Å²) in [5.41, 5.74) is 0.708. The van der Waals surface area contributed by atoms with E-state index in [0.29, 0.717) is 12.1 Å². The maximum Gasteiger partial charge on any atom is 0.251 e. The largest absolute Gasteiger partial charge is 0.352 e. The molecule has 1 radical (unpaired) electrons. The van der Waals surface area contributed by atoms with Gasteiger partial charge in [0.25, 0.3) is 5.91 Å². The van der Waals surface area contributed by atoms with Crippen LogP contribution in [0.3, 0.4) is 0 Å². The van der Waals surface area contributed by atoms with Gasteiger partial charge in [-0.15, -0.1) is 0 Å². The molecule has 0 aliphatic carbocycles. The third kappa shape index (κ3) is 2.38. The van der Waals surface area contributed by atoms with E-state index in [2.05, 4.69) is 5.32 Å². The fourth-order valence-corrected chi connectivity index (χ4v) is 0.886. The molecule has 1 aromatic rings. The van der Waals surface area contributed by atoms with Crippen molar-refractivity contribution < 1.29 is 4.79 Å². The van der Waals surface area contributed by atoms with Gasteiger partial charge < -0.3 is 5.32 Å². The average molecular weight is 162 g/mol. The minimum Gasteiger partial charge on any atom is -0.352 e. The number of rotatable bonds is 3. The van der Waals surface area contributed by atoms with Gasteiger partial charge in [0.05, 0.1) is 0 Å². The van der Waals surface area contributed by atoms with Crippen LogP contribution in [0.25, 0.3) is 0 Å². The molecule has 0 aliphatic heterocycles. The Morgan fingerprint density at radius 2 is 2.08 bits per heavy atom. The summed E-state index contributed by atoms with van der Waals surface area (Å²) in [5.74, 6) is -0.0197. The van der Waals surface area contributed by atoms with Crippen molar-refractivity contribution in [3.05, 3.63) is 42.3 Å². The van der Waals surface area contributed by atoms with Gasteiger partial charge in [-0.05, 0) is 18.6 Å². The van der Waals surface area contributed by atoms with Gasteiger partial charge >= 0.3 is 0 Å². The zero-order chi connectivity index (χ0) is 8.81. The first kappa shape index (κ1) is 8.78. The first-order valence-electron chi connectivity index (χ1n) is 3.95. The van der Waals surface area contributed by atoms with Crippen LogP contribution in [0.4, 0.5) is 0 Å². The van der Waals surface area contributed by atoms with Crippen molar-refractivity contribution >= 4 is 5.91 Å². The van der Waals surface area contributed by atoms with Crippen molar-refractivity contribution in [2.45, 2.75) is 6.92 Å². The third-order valence-corrected chi connectivity index (χ3v) is 1.50. The van der Waals surface area contributed by atoms with Crippen molar-refractivity contribution in [1.29, 1.82) is 0 Å². The van der Waals surface area contributed by atoms with Gasteiger partial charge in [0.2, 0.25) is 0 Å². The van der Waals surface area contributed by atoms with Crippen LogP contribution in [0.1, 0.15) is 17.3 Å². The van der Waals surface area contributed by atoms with E-state index < -0.39 is 0 Å². The lowest BCUT2D eigenvalue weighted by Crippen LogP contribution is -2.23. The van der Waals surface area contributed by atoms with Gasteiger partial charge in [-0.2, -0.15) is 0 Å². The van der Waals surface area contributed by atoms with E-state index in [0.717, 1.165) is 0 Å². The van der Waals surface area contributed by atoms with Gasteiger partial charge in [0.15, 0.2) is 0 Å². The monoisotopic (exact) mass is 162 g/mol. The molecule has 63 valence electrons.